The van der Waals surface area contributed by atoms with Gasteiger partial charge in [0, 0.05) is 23.6 Å². The summed E-state index contributed by atoms with van der Waals surface area (Å²) in [6.45, 7) is 0.320. The number of nitro groups is 1. The maximum absolute atomic E-state index is 11.7. The molecule has 2 aromatic carbocycles. The maximum Gasteiger partial charge on any atom is 0.269 e. The van der Waals surface area contributed by atoms with Gasteiger partial charge in [0.1, 0.15) is 5.75 Å². The molecule has 0 aromatic heterocycles. The lowest BCUT2D eigenvalue weighted by Gasteiger charge is -2.07. The highest BCUT2D eigenvalue weighted by Crippen LogP contribution is 2.27. The lowest BCUT2D eigenvalue weighted by Crippen LogP contribution is -2.18. The molecule has 0 fully saturated rings. The standard InChI is InChI=1S/C17H15Cl2N3O4/c18-13-5-8-16(15(19)10-13)26-9-1-2-17(23)21-20-11-12-3-6-14(7-4-12)22(24)25/h3-8,10-11H,1-2,9H2,(H,21,23). The van der Waals surface area contributed by atoms with Gasteiger partial charge in [-0.1, -0.05) is 23.2 Å². The van der Waals surface area contributed by atoms with Crippen molar-refractivity contribution in [2.75, 3.05) is 6.61 Å². The van der Waals surface area contributed by atoms with Crippen molar-refractivity contribution in [1.29, 1.82) is 0 Å². The van der Waals surface area contributed by atoms with Crippen LogP contribution in [0.3, 0.4) is 0 Å². The fourth-order valence-corrected chi connectivity index (χ4v) is 2.39. The van der Waals surface area contributed by atoms with Crippen LogP contribution in [-0.2, 0) is 4.79 Å². The quantitative estimate of drug-likeness (QED) is 0.313. The molecule has 0 bridgehead atoms. The molecular weight excluding hydrogens is 381 g/mol. The minimum Gasteiger partial charge on any atom is -0.492 e. The predicted molar refractivity (Wildman–Crippen MR) is 100 cm³/mol. The third kappa shape index (κ3) is 6.34. The van der Waals surface area contributed by atoms with Crippen LogP contribution in [0.2, 0.25) is 10.0 Å². The van der Waals surface area contributed by atoms with Gasteiger partial charge < -0.3 is 4.74 Å². The third-order valence-electron chi connectivity index (χ3n) is 3.21. The highest BCUT2D eigenvalue weighted by Gasteiger charge is 2.05. The largest absolute Gasteiger partial charge is 0.492 e. The number of benzene rings is 2. The molecular formula is C17H15Cl2N3O4. The van der Waals surface area contributed by atoms with E-state index in [-0.39, 0.29) is 18.0 Å². The van der Waals surface area contributed by atoms with E-state index in [1.54, 1.807) is 18.2 Å². The number of ether oxygens (including phenoxy) is 1. The van der Waals surface area contributed by atoms with Crippen LogP contribution < -0.4 is 10.2 Å². The highest BCUT2D eigenvalue weighted by atomic mass is 35.5. The van der Waals surface area contributed by atoms with Gasteiger partial charge in [-0.05, 0) is 42.3 Å². The molecule has 0 heterocycles. The van der Waals surface area contributed by atoms with Gasteiger partial charge in [-0.2, -0.15) is 5.10 Å². The molecule has 7 nitrogen and oxygen atoms in total. The van der Waals surface area contributed by atoms with Gasteiger partial charge in [0.2, 0.25) is 5.91 Å². The van der Waals surface area contributed by atoms with Crippen LogP contribution in [0.1, 0.15) is 18.4 Å². The minimum absolute atomic E-state index is 0.00743. The van der Waals surface area contributed by atoms with Crippen molar-refractivity contribution in [3.63, 3.8) is 0 Å². The number of non-ortho nitro benzene ring substituents is 1. The van der Waals surface area contributed by atoms with Crippen molar-refractivity contribution in [2.45, 2.75) is 12.8 Å². The number of rotatable bonds is 8. The minimum atomic E-state index is -0.484. The van der Waals surface area contributed by atoms with Crippen molar-refractivity contribution < 1.29 is 14.5 Å². The van der Waals surface area contributed by atoms with E-state index in [9.17, 15) is 14.9 Å². The van der Waals surface area contributed by atoms with Gasteiger partial charge in [0.25, 0.3) is 5.69 Å². The maximum atomic E-state index is 11.7. The lowest BCUT2D eigenvalue weighted by atomic mass is 10.2. The Morgan fingerprint density at radius 2 is 1.96 bits per heavy atom. The molecule has 0 atom stereocenters. The second-order valence-electron chi connectivity index (χ2n) is 5.17. The third-order valence-corrected chi connectivity index (χ3v) is 3.74. The Hall–Kier alpha value is -2.64. The molecule has 1 N–H and O–H groups in total. The van der Waals surface area contributed by atoms with Crippen molar-refractivity contribution >= 4 is 41.0 Å². The van der Waals surface area contributed by atoms with Gasteiger partial charge >= 0.3 is 0 Å². The van der Waals surface area contributed by atoms with Gasteiger partial charge in [-0.25, -0.2) is 5.43 Å². The Labute approximate surface area is 159 Å². The summed E-state index contributed by atoms with van der Waals surface area (Å²) >= 11 is 11.8. The predicted octanol–water partition coefficient (Wildman–Crippen LogP) is 4.21. The zero-order chi connectivity index (χ0) is 18.9. The average Bonchev–Trinajstić information content (AvgIpc) is 2.60. The summed E-state index contributed by atoms with van der Waals surface area (Å²) < 4.78 is 5.48. The number of nitro benzene ring substituents is 1. The van der Waals surface area contributed by atoms with E-state index in [4.69, 9.17) is 27.9 Å². The summed E-state index contributed by atoms with van der Waals surface area (Å²) in [4.78, 5) is 21.8. The molecule has 0 spiro atoms. The average molecular weight is 396 g/mol. The van der Waals surface area contributed by atoms with Crippen LogP contribution in [0.25, 0.3) is 0 Å². The van der Waals surface area contributed by atoms with Crippen molar-refractivity contribution in [3.8, 4) is 5.75 Å². The molecule has 26 heavy (non-hydrogen) atoms. The second kappa shape index (κ2) is 9.74. The number of hydrogen-bond donors (Lipinski definition) is 1. The van der Waals surface area contributed by atoms with E-state index in [0.29, 0.717) is 34.4 Å². The van der Waals surface area contributed by atoms with Gasteiger partial charge in [0.15, 0.2) is 0 Å². The van der Waals surface area contributed by atoms with E-state index in [0.717, 1.165) is 0 Å². The Balaban J connectivity index is 1.69. The number of nitrogens with one attached hydrogen (secondary N) is 1. The molecule has 0 aliphatic rings. The van der Waals surface area contributed by atoms with Crippen LogP contribution in [0, 0.1) is 10.1 Å². The number of carbonyl (C=O) groups is 1. The topological polar surface area (TPSA) is 93.8 Å². The van der Waals surface area contributed by atoms with Crippen molar-refractivity contribution in [2.24, 2.45) is 5.10 Å². The van der Waals surface area contributed by atoms with E-state index in [1.807, 2.05) is 0 Å². The summed E-state index contributed by atoms with van der Waals surface area (Å²) in [5, 5.41) is 15.3. The van der Waals surface area contributed by atoms with E-state index >= 15 is 0 Å². The summed E-state index contributed by atoms with van der Waals surface area (Å²) in [5.41, 5.74) is 3.01. The van der Waals surface area contributed by atoms with Crippen LogP contribution in [-0.4, -0.2) is 23.7 Å². The molecule has 136 valence electrons. The molecule has 0 aliphatic carbocycles. The molecule has 9 heteroatoms. The van der Waals surface area contributed by atoms with Crippen molar-refractivity contribution in [3.05, 3.63) is 68.2 Å². The number of amides is 1. The first-order valence-electron chi connectivity index (χ1n) is 7.60. The van der Waals surface area contributed by atoms with Crippen LogP contribution >= 0.6 is 23.2 Å². The first kappa shape index (κ1) is 19.7. The fourth-order valence-electron chi connectivity index (χ4n) is 1.92. The van der Waals surface area contributed by atoms with Crippen LogP contribution in [0.5, 0.6) is 5.75 Å². The summed E-state index contributed by atoms with van der Waals surface area (Å²) in [6, 6.07) is 10.7. The fraction of sp³-hybridized carbons (Fsp3) is 0.176. The molecule has 0 saturated heterocycles. The normalized spacial score (nSPS) is 10.7. The lowest BCUT2D eigenvalue weighted by molar-refractivity contribution is -0.384. The molecule has 0 radical (unpaired) electrons. The Kier molecular flexibility index (Phi) is 7.37. The van der Waals surface area contributed by atoms with E-state index in [2.05, 4.69) is 10.5 Å². The summed E-state index contributed by atoms with van der Waals surface area (Å²) in [7, 11) is 0. The second-order valence-corrected chi connectivity index (χ2v) is 6.01. The molecule has 2 aromatic rings. The van der Waals surface area contributed by atoms with Gasteiger partial charge in [-0.3, -0.25) is 14.9 Å². The van der Waals surface area contributed by atoms with Crippen LogP contribution in [0.15, 0.2) is 47.6 Å². The molecule has 0 aliphatic heterocycles. The molecule has 0 unspecified atom stereocenters. The first-order valence-corrected chi connectivity index (χ1v) is 8.35. The number of carbonyl (C=O) groups excluding carboxylic acids is 1. The highest BCUT2D eigenvalue weighted by molar-refractivity contribution is 6.35. The molecule has 0 saturated carbocycles. The van der Waals surface area contributed by atoms with Gasteiger partial charge in [-0.15, -0.1) is 0 Å². The number of hydrazone groups is 1. The monoisotopic (exact) mass is 395 g/mol. The SMILES string of the molecule is O=C(CCCOc1ccc(Cl)cc1Cl)NN=Cc1ccc([N+](=O)[O-])cc1. The van der Waals surface area contributed by atoms with E-state index < -0.39 is 4.92 Å². The van der Waals surface area contributed by atoms with Crippen molar-refractivity contribution in [1.82, 2.24) is 5.43 Å². The summed E-state index contributed by atoms with van der Waals surface area (Å²) in [5.74, 6) is 0.238. The number of nitrogens with zero attached hydrogens (tertiary/aromatic N) is 2. The smallest absolute Gasteiger partial charge is 0.269 e. The zero-order valence-corrected chi connectivity index (χ0v) is 15.0. The number of halogens is 2. The Bertz CT molecular complexity index is 810. The van der Waals surface area contributed by atoms with Gasteiger partial charge in [0.05, 0.1) is 22.8 Å². The molecule has 1 amide bonds. The molecule has 2 rings (SSSR count). The Morgan fingerprint density at radius 3 is 2.62 bits per heavy atom. The van der Waals surface area contributed by atoms with Crippen LogP contribution in [0.4, 0.5) is 5.69 Å². The Morgan fingerprint density at radius 1 is 1.23 bits per heavy atom. The number of hydrogen-bond acceptors (Lipinski definition) is 5. The summed E-state index contributed by atoms with van der Waals surface area (Å²) in [6.07, 6.45) is 2.12. The van der Waals surface area contributed by atoms with E-state index in [1.165, 1.54) is 30.5 Å². The first-order chi connectivity index (χ1) is 12.5. The zero-order valence-electron chi connectivity index (χ0n) is 13.5.